The van der Waals surface area contributed by atoms with Gasteiger partial charge in [0.1, 0.15) is 0 Å². The molecule has 1 aliphatic carbocycles. The van der Waals surface area contributed by atoms with Gasteiger partial charge in [0.05, 0.1) is 0 Å². The molecular formula is C15H12. The molecule has 0 aliphatic heterocycles. The zero-order valence-corrected chi connectivity index (χ0v) is 8.43. The number of rotatable bonds is 2. The highest BCUT2D eigenvalue weighted by atomic mass is 13.9. The van der Waals surface area contributed by atoms with Gasteiger partial charge in [0.15, 0.2) is 0 Å². The van der Waals surface area contributed by atoms with Crippen LogP contribution < -0.4 is 0 Å². The van der Waals surface area contributed by atoms with Gasteiger partial charge in [-0.15, -0.1) is 5.73 Å². The standard InChI is InChI=1S/C15H12/c1-2-8-14(9-3-1)10-4-5-11-15-12-6-7-13-15/h1-10,12-13H. The van der Waals surface area contributed by atoms with E-state index in [2.05, 4.69) is 23.9 Å². The monoisotopic (exact) mass is 192 g/mol. The third-order valence-corrected chi connectivity index (χ3v) is 2.10. The van der Waals surface area contributed by atoms with Crippen LogP contribution in [0.2, 0.25) is 0 Å². The Morgan fingerprint density at radius 3 is 2.40 bits per heavy atom. The SMILES string of the molecule is C(=CC=Cc1ccccc1)=C1C=CC=C1. The molecule has 0 atom stereocenters. The van der Waals surface area contributed by atoms with Crippen molar-refractivity contribution < 1.29 is 0 Å². The lowest BCUT2D eigenvalue weighted by molar-refractivity contribution is 1.66. The van der Waals surface area contributed by atoms with Crippen LogP contribution in [-0.2, 0) is 0 Å². The van der Waals surface area contributed by atoms with Crippen molar-refractivity contribution >= 4 is 6.08 Å². The smallest absolute Gasteiger partial charge is 0.0164 e. The molecule has 1 aromatic rings. The van der Waals surface area contributed by atoms with Crippen molar-refractivity contribution in [1.82, 2.24) is 0 Å². The van der Waals surface area contributed by atoms with Crippen LogP contribution in [0.1, 0.15) is 5.56 Å². The Balaban J connectivity index is 2.05. The minimum atomic E-state index is 1.12. The van der Waals surface area contributed by atoms with Crippen molar-refractivity contribution in [3.63, 3.8) is 0 Å². The summed E-state index contributed by atoms with van der Waals surface area (Å²) in [5.74, 6) is 0. The van der Waals surface area contributed by atoms with Crippen LogP contribution >= 0.6 is 0 Å². The first-order chi connectivity index (χ1) is 7.45. The summed E-state index contributed by atoms with van der Waals surface area (Å²) in [4.78, 5) is 0. The highest BCUT2D eigenvalue weighted by molar-refractivity contribution is 5.51. The van der Waals surface area contributed by atoms with Gasteiger partial charge in [-0.05, 0) is 23.8 Å². The van der Waals surface area contributed by atoms with Crippen LogP contribution in [-0.4, -0.2) is 0 Å². The largest absolute Gasteiger partial charge is 0.113 e. The second-order valence-electron chi connectivity index (χ2n) is 3.25. The Morgan fingerprint density at radius 1 is 0.933 bits per heavy atom. The molecule has 0 unspecified atom stereocenters. The Bertz CT molecular complexity index is 450. The molecule has 15 heavy (non-hydrogen) atoms. The van der Waals surface area contributed by atoms with Gasteiger partial charge in [-0.3, -0.25) is 0 Å². The molecule has 0 saturated carbocycles. The van der Waals surface area contributed by atoms with Crippen molar-refractivity contribution in [2.24, 2.45) is 0 Å². The molecule has 0 nitrogen and oxygen atoms in total. The Morgan fingerprint density at radius 2 is 1.67 bits per heavy atom. The first-order valence-electron chi connectivity index (χ1n) is 4.98. The minimum absolute atomic E-state index is 1.12. The molecule has 2 rings (SSSR count). The van der Waals surface area contributed by atoms with E-state index in [9.17, 15) is 0 Å². The van der Waals surface area contributed by atoms with E-state index in [0.717, 1.165) is 5.57 Å². The van der Waals surface area contributed by atoms with Gasteiger partial charge < -0.3 is 0 Å². The van der Waals surface area contributed by atoms with E-state index >= 15 is 0 Å². The molecule has 0 heteroatoms. The van der Waals surface area contributed by atoms with Crippen molar-refractivity contribution in [1.29, 1.82) is 0 Å². The summed E-state index contributed by atoms with van der Waals surface area (Å²) in [6, 6.07) is 10.2. The summed E-state index contributed by atoms with van der Waals surface area (Å²) in [5.41, 5.74) is 5.51. The first kappa shape index (κ1) is 9.51. The van der Waals surface area contributed by atoms with E-state index in [1.165, 1.54) is 5.56 Å². The maximum atomic E-state index is 3.18. The highest BCUT2D eigenvalue weighted by Gasteiger charge is 1.85. The molecule has 0 N–H and O–H groups in total. The van der Waals surface area contributed by atoms with Gasteiger partial charge in [-0.25, -0.2) is 0 Å². The molecule has 0 spiro atoms. The third-order valence-electron chi connectivity index (χ3n) is 2.10. The molecule has 1 aromatic carbocycles. The number of benzene rings is 1. The average Bonchev–Trinajstić information content (AvgIpc) is 2.79. The second-order valence-corrected chi connectivity index (χ2v) is 3.25. The quantitative estimate of drug-likeness (QED) is 0.492. The Hall–Kier alpha value is -2.04. The van der Waals surface area contributed by atoms with Gasteiger partial charge in [-0.2, -0.15) is 0 Å². The van der Waals surface area contributed by atoms with Crippen LogP contribution in [0.4, 0.5) is 0 Å². The summed E-state index contributed by atoms with van der Waals surface area (Å²) in [5, 5.41) is 0. The molecule has 72 valence electrons. The molecule has 0 aromatic heterocycles. The molecule has 0 amide bonds. The summed E-state index contributed by atoms with van der Waals surface area (Å²) < 4.78 is 0. The van der Waals surface area contributed by atoms with Crippen LogP contribution in [0.15, 0.2) is 78.1 Å². The van der Waals surface area contributed by atoms with Crippen LogP contribution in [0.5, 0.6) is 0 Å². The van der Waals surface area contributed by atoms with Gasteiger partial charge in [0, 0.05) is 5.57 Å². The predicted molar refractivity (Wildman–Crippen MR) is 65.4 cm³/mol. The number of hydrogen-bond acceptors (Lipinski definition) is 0. The molecule has 0 bridgehead atoms. The van der Waals surface area contributed by atoms with Crippen molar-refractivity contribution in [3.05, 3.63) is 83.7 Å². The minimum Gasteiger partial charge on any atom is -0.113 e. The van der Waals surface area contributed by atoms with Crippen LogP contribution in [0, 0.1) is 0 Å². The van der Waals surface area contributed by atoms with E-state index in [1.807, 2.05) is 54.7 Å². The maximum absolute atomic E-state index is 3.18. The van der Waals surface area contributed by atoms with E-state index in [-0.39, 0.29) is 0 Å². The average molecular weight is 192 g/mol. The van der Waals surface area contributed by atoms with Gasteiger partial charge in [-0.1, -0.05) is 54.6 Å². The summed E-state index contributed by atoms with van der Waals surface area (Å²) in [6.07, 6.45) is 14.1. The Labute approximate surface area is 90.3 Å². The Kier molecular flexibility index (Phi) is 3.17. The van der Waals surface area contributed by atoms with Crippen molar-refractivity contribution in [3.8, 4) is 0 Å². The molecule has 0 heterocycles. The zero-order chi connectivity index (χ0) is 10.3. The molecular weight excluding hydrogens is 180 g/mol. The lowest BCUT2D eigenvalue weighted by Gasteiger charge is -1.87. The molecule has 0 fully saturated rings. The number of hydrogen-bond donors (Lipinski definition) is 0. The van der Waals surface area contributed by atoms with E-state index in [4.69, 9.17) is 0 Å². The van der Waals surface area contributed by atoms with Crippen LogP contribution in [0.25, 0.3) is 6.08 Å². The van der Waals surface area contributed by atoms with E-state index in [1.54, 1.807) is 0 Å². The van der Waals surface area contributed by atoms with Gasteiger partial charge in [0.25, 0.3) is 0 Å². The highest BCUT2D eigenvalue weighted by Crippen LogP contribution is 2.05. The van der Waals surface area contributed by atoms with Gasteiger partial charge >= 0.3 is 0 Å². The molecule has 1 aliphatic rings. The predicted octanol–water partition coefficient (Wildman–Crippen LogP) is 3.91. The van der Waals surface area contributed by atoms with Gasteiger partial charge in [0.2, 0.25) is 0 Å². The normalized spacial score (nSPS) is 13.5. The summed E-state index contributed by atoms with van der Waals surface area (Å²) in [7, 11) is 0. The fourth-order valence-electron chi connectivity index (χ4n) is 1.34. The lowest BCUT2D eigenvalue weighted by Crippen LogP contribution is -1.66. The molecule has 0 saturated heterocycles. The van der Waals surface area contributed by atoms with E-state index < -0.39 is 0 Å². The fraction of sp³-hybridized carbons (Fsp3) is 0. The van der Waals surface area contributed by atoms with Crippen LogP contribution in [0.3, 0.4) is 0 Å². The summed E-state index contributed by atoms with van der Waals surface area (Å²) in [6.45, 7) is 0. The third kappa shape index (κ3) is 2.98. The summed E-state index contributed by atoms with van der Waals surface area (Å²) >= 11 is 0. The first-order valence-corrected chi connectivity index (χ1v) is 4.98. The lowest BCUT2D eigenvalue weighted by atomic mass is 10.2. The zero-order valence-electron chi connectivity index (χ0n) is 8.43. The van der Waals surface area contributed by atoms with E-state index in [0.29, 0.717) is 0 Å². The number of allylic oxidation sites excluding steroid dienone is 6. The fourth-order valence-corrected chi connectivity index (χ4v) is 1.34. The van der Waals surface area contributed by atoms with Crippen molar-refractivity contribution in [2.75, 3.05) is 0 Å². The topological polar surface area (TPSA) is 0 Å². The second kappa shape index (κ2) is 4.99. The molecule has 0 radical (unpaired) electrons. The maximum Gasteiger partial charge on any atom is 0.0164 e. The van der Waals surface area contributed by atoms with Crippen molar-refractivity contribution in [2.45, 2.75) is 0 Å².